The number of nitrogens with zero attached hydrogens (tertiary/aromatic N) is 3. The van der Waals surface area contributed by atoms with Crippen LogP contribution in [0.3, 0.4) is 0 Å². The van der Waals surface area contributed by atoms with E-state index in [-0.39, 0.29) is 24.7 Å². The molecule has 1 fully saturated rings. The number of anilines is 1. The molecule has 7 nitrogen and oxygen atoms in total. The molecule has 21 heavy (non-hydrogen) atoms. The van der Waals surface area contributed by atoms with Crippen molar-refractivity contribution in [3.05, 3.63) is 28.3 Å². The molecule has 2 rings (SSSR count). The highest BCUT2D eigenvalue weighted by molar-refractivity contribution is 5.59. The summed E-state index contributed by atoms with van der Waals surface area (Å²) in [6.07, 6.45) is 1.07. The van der Waals surface area contributed by atoms with Crippen LogP contribution in [0, 0.1) is 10.1 Å². The van der Waals surface area contributed by atoms with E-state index >= 15 is 0 Å². The summed E-state index contributed by atoms with van der Waals surface area (Å²) < 4.78 is 5.29. The molecule has 1 aromatic rings. The van der Waals surface area contributed by atoms with Crippen LogP contribution in [0.15, 0.2) is 18.2 Å². The average molecular weight is 295 g/mol. The van der Waals surface area contributed by atoms with Crippen molar-refractivity contribution in [3.8, 4) is 5.75 Å². The van der Waals surface area contributed by atoms with Crippen molar-refractivity contribution in [2.45, 2.75) is 12.5 Å². The lowest BCUT2D eigenvalue weighted by Gasteiger charge is -2.22. The molecule has 0 saturated carbocycles. The number of aliphatic hydroxyl groups is 1. The Labute approximate surface area is 123 Å². The van der Waals surface area contributed by atoms with Crippen LogP contribution < -0.4 is 9.64 Å². The zero-order valence-corrected chi connectivity index (χ0v) is 12.4. The van der Waals surface area contributed by atoms with Gasteiger partial charge in [-0.2, -0.15) is 0 Å². The number of rotatable bonds is 6. The quantitative estimate of drug-likeness (QED) is 0.625. The van der Waals surface area contributed by atoms with E-state index in [0.29, 0.717) is 6.04 Å². The third-order valence-corrected chi connectivity index (χ3v) is 3.75. The second-order valence-corrected chi connectivity index (χ2v) is 5.33. The highest BCUT2D eigenvalue weighted by Gasteiger charge is 2.25. The highest BCUT2D eigenvalue weighted by atomic mass is 16.6. The van der Waals surface area contributed by atoms with Gasteiger partial charge < -0.3 is 19.6 Å². The van der Waals surface area contributed by atoms with Gasteiger partial charge in [-0.25, -0.2) is 0 Å². The van der Waals surface area contributed by atoms with Crippen LogP contribution in [0.2, 0.25) is 0 Å². The standard InChI is InChI=1S/C14H21N3O4/c1-15(2)12-5-6-16(10-12)11-3-4-13(17(19)20)14(9-11)21-8-7-18/h3-4,9,12,18H,5-8,10H2,1-2H3. The van der Waals surface area contributed by atoms with Crippen LogP contribution in [-0.4, -0.2) is 61.4 Å². The third-order valence-electron chi connectivity index (χ3n) is 3.75. The monoisotopic (exact) mass is 295 g/mol. The molecule has 0 aliphatic carbocycles. The Morgan fingerprint density at radius 1 is 1.52 bits per heavy atom. The third kappa shape index (κ3) is 3.62. The van der Waals surface area contributed by atoms with Gasteiger partial charge in [0.2, 0.25) is 0 Å². The van der Waals surface area contributed by atoms with Gasteiger partial charge in [0, 0.05) is 37.0 Å². The molecule has 1 unspecified atom stereocenters. The Hall–Kier alpha value is -1.86. The van der Waals surface area contributed by atoms with E-state index in [1.54, 1.807) is 12.1 Å². The van der Waals surface area contributed by atoms with Crippen LogP contribution in [-0.2, 0) is 0 Å². The fourth-order valence-electron chi connectivity index (χ4n) is 2.52. The van der Waals surface area contributed by atoms with Crippen LogP contribution in [0.1, 0.15) is 6.42 Å². The molecule has 0 amide bonds. The Balaban J connectivity index is 2.19. The molecule has 0 bridgehead atoms. The summed E-state index contributed by atoms with van der Waals surface area (Å²) >= 11 is 0. The van der Waals surface area contributed by atoms with E-state index in [1.165, 1.54) is 6.07 Å². The van der Waals surface area contributed by atoms with Gasteiger partial charge >= 0.3 is 5.69 Å². The second kappa shape index (κ2) is 6.73. The van der Waals surface area contributed by atoms with Gasteiger partial charge in [-0.3, -0.25) is 10.1 Å². The first-order valence-corrected chi connectivity index (χ1v) is 6.96. The van der Waals surface area contributed by atoms with Crippen molar-refractivity contribution in [2.75, 3.05) is 45.3 Å². The molecule has 7 heteroatoms. The van der Waals surface area contributed by atoms with Crippen molar-refractivity contribution in [1.29, 1.82) is 0 Å². The first-order chi connectivity index (χ1) is 10.0. The molecule has 1 aliphatic rings. The molecule has 0 radical (unpaired) electrons. The summed E-state index contributed by atoms with van der Waals surface area (Å²) in [5.74, 6) is 0.208. The molecule has 1 aromatic carbocycles. The first-order valence-electron chi connectivity index (χ1n) is 6.96. The van der Waals surface area contributed by atoms with Gasteiger partial charge in [0.15, 0.2) is 5.75 Å². The average Bonchev–Trinajstić information content (AvgIpc) is 2.94. The molecule has 1 aliphatic heterocycles. The van der Waals surface area contributed by atoms with Crippen LogP contribution in [0.25, 0.3) is 0 Å². The van der Waals surface area contributed by atoms with Crippen molar-refractivity contribution < 1.29 is 14.8 Å². The van der Waals surface area contributed by atoms with Crippen molar-refractivity contribution in [3.63, 3.8) is 0 Å². The minimum atomic E-state index is -0.469. The largest absolute Gasteiger partial charge is 0.484 e. The predicted molar refractivity (Wildman–Crippen MR) is 80.0 cm³/mol. The van der Waals surface area contributed by atoms with Crippen LogP contribution in [0.4, 0.5) is 11.4 Å². The lowest BCUT2D eigenvalue weighted by atomic mass is 10.2. The van der Waals surface area contributed by atoms with Gasteiger partial charge in [-0.05, 0) is 26.6 Å². The number of benzene rings is 1. The van der Waals surface area contributed by atoms with Crippen molar-refractivity contribution >= 4 is 11.4 Å². The molecular weight excluding hydrogens is 274 g/mol. The maximum atomic E-state index is 11.0. The van der Waals surface area contributed by atoms with E-state index in [4.69, 9.17) is 9.84 Å². The molecule has 1 saturated heterocycles. The Bertz CT molecular complexity index is 507. The van der Waals surface area contributed by atoms with E-state index < -0.39 is 4.92 Å². The fourth-order valence-corrected chi connectivity index (χ4v) is 2.52. The van der Waals surface area contributed by atoms with Gasteiger partial charge in [-0.15, -0.1) is 0 Å². The predicted octanol–water partition coefficient (Wildman–Crippen LogP) is 1.11. The maximum Gasteiger partial charge on any atom is 0.311 e. The van der Waals surface area contributed by atoms with E-state index in [2.05, 4.69) is 23.9 Å². The topological polar surface area (TPSA) is 79.1 Å². The molecule has 1 N–H and O–H groups in total. The van der Waals surface area contributed by atoms with Crippen LogP contribution >= 0.6 is 0 Å². The highest BCUT2D eigenvalue weighted by Crippen LogP contribution is 2.33. The zero-order valence-electron chi connectivity index (χ0n) is 12.4. The number of nitro benzene ring substituents is 1. The number of hydrogen-bond donors (Lipinski definition) is 1. The van der Waals surface area contributed by atoms with Gasteiger partial charge in [0.1, 0.15) is 6.61 Å². The fraction of sp³-hybridized carbons (Fsp3) is 0.571. The summed E-state index contributed by atoms with van der Waals surface area (Å²) in [6.45, 7) is 1.68. The summed E-state index contributed by atoms with van der Waals surface area (Å²) in [4.78, 5) is 14.9. The lowest BCUT2D eigenvalue weighted by Crippen LogP contribution is -2.31. The van der Waals surface area contributed by atoms with E-state index in [9.17, 15) is 10.1 Å². The molecule has 1 atom stereocenters. The van der Waals surface area contributed by atoms with E-state index in [0.717, 1.165) is 25.2 Å². The second-order valence-electron chi connectivity index (χ2n) is 5.33. The SMILES string of the molecule is CN(C)C1CCN(c2ccc([N+](=O)[O-])c(OCCO)c2)C1. The summed E-state index contributed by atoms with van der Waals surface area (Å²) in [6, 6.07) is 5.39. The molecule has 116 valence electrons. The molecule has 0 spiro atoms. The number of ether oxygens (including phenoxy) is 1. The normalized spacial score (nSPS) is 18.3. The number of nitro groups is 1. The first kappa shape index (κ1) is 15.5. The minimum Gasteiger partial charge on any atom is -0.484 e. The zero-order chi connectivity index (χ0) is 15.4. The van der Waals surface area contributed by atoms with Crippen molar-refractivity contribution in [1.82, 2.24) is 4.90 Å². The van der Waals surface area contributed by atoms with Gasteiger partial charge in [-0.1, -0.05) is 0 Å². The van der Waals surface area contributed by atoms with Gasteiger partial charge in [0.05, 0.1) is 11.5 Å². The van der Waals surface area contributed by atoms with E-state index in [1.807, 2.05) is 0 Å². The number of likely N-dealkylation sites (N-methyl/N-ethyl adjacent to an activating group) is 1. The molecule has 1 heterocycles. The molecular formula is C14H21N3O4. The molecule has 0 aromatic heterocycles. The summed E-state index contributed by atoms with van der Waals surface area (Å²) in [7, 11) is 4.11. The Morgan fingerprint density at radius 3 is 2.86 bits per heavy atom. The van der Waals surface area contributed by atoms with Crippen LogP contribution in [0.5, 0.6) is 5.75 Å². The Morgan fingerprint density at radius 2 is 2.29 bits per heavy atom. The summed E-state index contributed by atoms with van der Waals surface area (Å²) in [5.41, 5.74) is 0.841. The number of aliphatic hydroxyl groups excluding tert-OH is 1. The minimum absolute atomic E-state index is 0.0462. The van der Waals surface area contributed by atoms with Crippen molar-refractivity contribution in [2.24, 2.45) is 0 Å². The smallest absolute Gasteiger partial charge is 0.311 e. The Kier molecular flexibility index (Phi) is 4.98. The lowest BCUT2D eigenvalue weighted by molar-refractivity contribution is -0.385. The van der Waals surface area contributed by atoms with Gasteiger partial charge in [0.25, 0.3) is 0 Å². The number of hydrogen-bond acceptors (Lipinski definition) is 6. The summed E-state index contributed by atoms with van der Waals surface area (Å²) in [5, 5.41) is 19.8. The maximum absolute atomic E-state index is 11.0.